The highest BCUT2D eigenvalue weighted by atomic mass is 32.2. The number of thioether (sulfide) groups is 1. The van der Waals surface area contributed by atoms with Gasteiger partial charge in [-0.2, -0.15) is 11.8 Å². The Morgan fingerprint density at radius 2 is 2.08 bits per heavy atom. The van der Waals surface area contributed by atoms with Crippen LogP contribution in [0.4, 0.5) is 0 Å². The standard InChI is InChI=1S/C11H17NS/c1-8-5-9(2)10(12)11(3,6-8)7-13-4/h5-6,12H,7H2,1-4H3. The average Bonchev–Trinajstić information content (AvgIpc) is 2.00. The fourth-order valence-corrected chi connectivity index (χ4v) is 2.72. The molecule has 0 aliphatic heterocycles. The van der Waals surface area contributed by atoms with Crippen molar-refractivity contribution in [3.63, 3.8) is 0 Å². The van der Waals surface area contributed by atoms with Crippen LogP contribution in [0, 0.1) is 10.8 Å². The zero-order valence-electron chi connectivity index (χ0n) is 8.77. The van der Waals surface area contributed by atoms with Crippen molar-refractivity contribution >= 4 is 17.5 Å². The van der Waals surface area contributed by atoms with Crippen molar-refractivity contribution in [3.8, 4) is 0 Å². The lowest BCUT2D eigenvalue weighted by atomic mass is 9.78. The molecule has 0 aromatic carbocycles. The van der Waals surface area contributed by atoms with Gasteiger partial charge in [-0.1, -0.05) is 17.7 Å². The van der Waals surface area contributed by atoms with E-state index in [2.05, 4.69) is 32.3 Å². The maximum Gasteiger partial charge on any atom is 0.0448 e. The predicted molar refractivity (Wildman–Crippen MR) is 61.7 cm³/mol. The van der Waals surface area contributed by atoms with Gasteiger partial charge in [0.25, 0.3) is 0 Å². The van der Waals surface area contributed by atoms with Crippen molar-refractivity contribution in [2.24, 2.45) is 5.41 Å². The molecule has 72 valence electrons. The van der Waals surface area contributed by atoms with E-state index in [1.165, 1.54) is 5.57 Å². The van der Waals surface area contributed by atoms with Gasteiger partial charge in [0.2, 0.25) is 0 Å². The number of allylic oxidation sites excluding steroid dienone is 4. The molecule has 1 aliphatic rings. The minimum Gasteiger partial charge on any atom is -0.304 e. The maximum atomic E-state index is 8.02. The quantitative estimate of drug-likeness (QED) is 0.718. The van der Waals surface area contributed by atoms with Crippen LogP contribution < -0.4 is 0 Å². The summed E-state index contributed by atoms with van der Waals surface area (Å²) in [5, 5.41) is 8.02. The van der Waals surface area contributed by atoms with Crippen molar-refractivity contribution in [3.05, 3.63) is 23.3 Å². The Balaban J connectivity index is 3.01. The third-order valence-corrected chi connectivity index (χ3v) is 3.29. The summed E-state index contributed by atoms with van der Waals surface area (Å²) in [6.07, 6.45) is 6.39. The minimum atomic E-state index is -0.0532. The molecular formula is C11H17NS. The molecule has 1 aliphatic carbocycles. The van der Waals surface area contributed by atoms with Crippen molar-refractivity contribution in [1.29, 1.82) is 5.41 Å². The Kier molecular flexibility index (Phi) is 3.01. The van der Waals surface area contributed by atoms with E-state index in [1.54, 1.807) is 11.8 Å². The first-order valence-electron chi connectivity index (χ1n) is 4.46. The number of nitrogens with one attached hydrogen (secondary N) is 1. The minimum absolute atomic E-state index is 0.0532. The Morgan fingerprint density at radius 3 is 2.62 bits per heavy atom. The Labute approximate surface area is 84.8 Å². The molecule has 0 spiro atoms. The topological polar surface area (TPSA) is 23.9 Å². The van der Waals surface area contributed by atoms with E-state index in [0.29, 0.717) is 0 Å². The van der Waals surface area contributed by atoms with Crippen molar-refractivity contribution in [2.75, 3.05) is 12.0 Å². The summed E-state index contributed by atoms with van der Waals surface area (Å²) in [5.74, 6) is 0.994. The van der Waals surface area contributed by atoms with Crippen LogP contribution in [0.3, 0.4) is 0 Å². The lowest BCUT2D eigenvalue weighted by Crippen LogP contribution is -2.30. The van der Waals surface area contributed by atoms with Gasteiger partial charge < -0.3 is 5.41 Å². The zero-order chi connectivity index (χ0) is 10.1. The van der Waals surface area contributed by atoms with Gasteiger partial charge in [-0.15, -0.1) is 0 Å². The molecule has 0 radical (unpaired) electrons. The molecular weight excluding hydrogens is 178 g/mol. The van der Waals surface area contributed by atoms with E-state index < -0.39 is 0 Å². The highest BCUT2D eigenvalue weighted by Crippen LogP contribution is 2.33. The van der Waals surface area contributed by atoms with Gasteiger partial charge in [-0.25, -0.2) is 0 Å². The van der Waals surface area contributed by atoms with E-state index in [-0.39, 0.29) is 5.41 Å². The Hall–Kier alpha value is -0.500. The van der Waals surface area contributed by atoms with Gasteiger partial charge >= 0.3 is 0 Å². The predicted octanol–water partition coefficient (Wildman–Crippen LogP) is 3.28. The van der Waals surface area contributed by atoms with E-state index in [0.717, 1.165) is 17.0 Å². The van der Waals surface area contributed by atoms with E-state index in [1.807, 2.05) is 6.92 Å². The number of rotatable bonds is 2. The molecule has 1 unspecified atom stereocenters. The first-order valence-corrected chi connectivity index (χ1v) is 5.85. The van der Waals surface area contributed by atoms with Crippen molar-refractivity contribution < 1.29 is 0 Å². The van der Waals surface area contributed by atoms with Crippen LogP contribution in [0.15, 0.2) is 23.3 Å². The second-order valence-electron chi connectivity index (χ2n) is 3.94. The van der Waals surface area contributed by atoms with E-state index >= 15 is 0 Å². The van der Waals surface area contributed by atoms with Gasteiger partial charge in [-0.3, -0.25) is 0 Å². The second-order valence-corrected chi connectivity index (χ2v) is 4.81. The van der Waals surface area contributed by atoms with Gasteiger partial charge in [0.1, 0.15) is 0 Å². The molecule has 0 fully saturated rings. The molecule has 1 N–H and O–H groups in total. The molecule has 0 saturated heterocycles. The van der Waals surface area contributed by atoms with Crippen LogP contribution in [0.2, 0.25) is 0 Å². The molecule has 0 bridgehead atoms. The first kappa shape index (κ1) is 10.6. The lowest BCUT2D eigenvalue weighted by molar-refractivity contribution is 0.675. The Bertz CT molecular complexity index is 288. The molecule has 1 atom stereocenters. The van der Waals surface area contributed by atoms with Crippen LogP contribution in [-0.2, 0) is 0 Å². The molecule has 0 amide bonds. The largest absolute Gasteiger partial charge is 0.304 e. The van der Waals surface area contributed by atoms with Crippen molar-refractivity contribution in [2.45, 2.75) is 20.8 Å². The summed E-state index contributed by atoms with van der Waals surface area (Å²) in [6.45, 7) is 6.28. The molecule has 1 nitrogen and oxygen atoms in total. The SMILES string of the molecule is CSCC1(C)C=C(C)C=C(C)C1=N. The van der Waals surface area contributed by atoms with Gasteiger partial charge in [0.15, 0.2) is 0 Å². The van der Waals surface area contributed by atoms with Crippen LogP contribution in [0.1, 0.15) is 20.8 Å². The van der Waals surface area contributed by atoms with Crippen LogP contribution in [0.25, 0.3) is 0 Å². The molecule has 0 aromatic rings. The summed E-state index contributed by atoms with van der Waals surface area (Å²) in [4.78, 5) is 0. The average molecular weight is 195 g/mol. The summed E-state index contributed by atoms with van der Waals surface area (Å²) in [6, 6.07) is 0. The third kappa shape index (κ3) is 2.05. The molecule has 0 aromatic heterocycles. The fourth-order valence-electron chi connectivity index (χ4n) is 1.89. The molecule has 1 rings (SSSR count). The molecule has 0 saturated carbocycles. The third-order valence-electron chi connectivity index (χ3n) is 2.40. The van der Waals surface area contributed by atoms with Crippen LogP contribution in [-0.4, -0.2) is 17.7 Å². The zero-order valence-corrected chi connectivity index (χ0v) is 9.59. The van der Waals surface area contributed by atoms with E-state index in [9.17, 15) is 0 Å². The van der Waals surface area contributed by atoms with Gasteiger partial charge in [0.05, 0.1) is 0 Å². The summed E-state index contributed by atoms with van der Waals surface area (Å²) >= 11 is 1.80. The Morgan fingerprint density at radius 1 is 1.46 bits per heavy atom. The highest BCUT2D eigenvalue weighted by molar-refractivity contribution is 7.98. The molecule has 13 heavy (non-hydrogen) atoms. The second kappa shape index (κ2) is 3.70. The lowest BCUT2D eigenvalue weighted by Gasteiger charge is -2.30. The number of hydrogen-bond acceptors (Lipinski definition) is 2. The van der Waals surface area contributed by atoms with Gasteiger partial charge in [-0.05, 0) is 32.6 Å². The summed E-state index contributed by atoms with van der Waals surface area (Å²) in [5.41, 5.74) is 3.11. The monoisotopic (exact) mass is 195 g/mol. The summed E-state index contributed by atoms with van der Waals surface area (Å²) < 4.78 is 0. The highest BCUT2D eigenvalue weighted by Gasteiger charge is 2.29. The van der Waals surface area contributed by atoms with E-state index in [4.69, 9.17) is 5.41 Å². The van der Waals surface area contributed by atoms with Crippen LogP contribution >= 0.6 is 11.8 Å². The summed E-state index contributed by atoms with van der Waals surface area (Å²) in [7, 11) is 0. The number of hydrogen-bond donors (Lipinski definition) is 1. The first-order chi connectivity index (χ1) is 5.99. The smallest absolute Gasteiger partial charge is 0.0448 e. The van der Waals surface area contributed by atoms with Gasteiger partial charge in [0, 0.05) is 16.9 Å². The molecule has 0 heterocycles. The normalized spacial score (nSPS) is 28.5. The van der Waals surface area contributed by atoms with Crippen molar-refractivity contribution in [1.82, 2.24) is 0 Å². The maximum absolute atomic E-state index is 8.02. The molecule has 2 heteroatoms. The fraction of sp³-hybridized carbons (Fsp3) is 0.545. The van der Waals surface area contributed by atoms with Crippen LogP contribution in [0.5, 0.6) is 0 Å².